The number of carbonyl (C=O) groups is 1. The predicted molar refractivity (Wildman–Crippen MR) is 27.5 cm³/mol. The molecule has 0 aromatic rings. The van der Waals surface area contributed by atoms with Crippen LogP contribution in [-0.2, 0) is 0 Å². The molecule has 0 spiro atoms. The number of halogens is 5. The van der Waals surface area contributed by atoms with Crippen LogP contribution in [0, 0.1) is 0 Å². The Balaban J connectivity index is 4.14. The van der Waals surface area contributed by atoms with E-state index in [9.17, 15) is 26.7 Å². The molecule has 0 saturated heterocycles. The van der Waals surface area contributed by atoms with Crippen LogP contribution in [0.5, 0.6) is 0 Å². The second-order valence-electron chi connectivity index (χ2n) is 1.88. The van der Waals surface area contributed by atoms with Gasteiger partial charge in [0, 0.05) is 0 Å². The third kappa shape index (κ3) is 2.89. The number of rotatable bonds is 2. The molecule has 0 aliphatic heterocycles. The lowest BCUT2D eigenvalue weighted by molar-refractivity contribution is -0.278. The SMILES string of the molecule is [NH]C(=O)NCC(F)(F)C(F)(F)F. The summed E-state index contributed by atoms with van der Waals surface area (Å²) in [5.74, 6) is -4.98. The van der Waals surface area contributed by atoms with Crippen LogP contribution in [-0.4, -0.2) is 24.7 Å². The summed E-state index contributed by atoms with van der Waals surface area (Å²) in [5.41, 5.74) is 6.01. The van der Waals surface area contributed by atoms with E-state index in [1.54, 1.807) is 0 Å². The molecule has 3 nitrogen and oxygen atoms in total. The molecule has 0 aromatic heterocycles. The fourth-order valence-corrected chi connectivity index (χ4v) is 0.292. The first-order valence-electron chi connectivity index (χ1n) is 2.61. The normalized spacial score (nSPS) is 12.8. The van der Waals surface area contributed by atoms with Crippen molar-refractivity contribution in [3.8, 4) is 0 Å². The highest BCUT2D eigenvalue weighted by molar-refractivity contribution is 5.70. The van der Waals surface area contributed by atoms with Crippen molar-refractivity contribution in [1.82, 2.24) is 11.1 Å². The van der Waals surface area contributed by atoms with Crippen molar-refractivity contribution in [2.45, 2.75) is 12.1 Å². The van der Waals surface area contributed by atoms with E-state index in [0.29, 0.717) is 0 Å². The summed E-state index contributed by atoms with van der Waals surface area (Å²) in [4.78, 5) is 9.67. The van der Waals surface area contributed by atoms with Crippen LogP contribution in [0.1, 0.15) is 0 Å². The van der Waals surface area contributed by atoms with Gasteiger partial charge < -0.3 is 5.32 Å². The average molecular weight is 191 g/mol. The van der Waals surface area contributed by atoms with Crippen LogP contribution in [0.15, 0.2) is 0 Å². The van der Waals surface area contributed by atoms with Crippen molar-refractivity contribution in [3.05, 3.63) is 0 Å². The molecule has 0 saturated carbocycles. The fraction of sp³-hybridized carbons (Fsp3) is 0.750. The average Bonchev–Trinajstić information content (AvgIpc) is 1.81. The van der Waals surface area contributed by atoms with Gasteiger partial charge in [-0.3, -0.25) is 0 Å². The highest BCUT2D eigenvalue weighted by atomic mass is 19.4. The Morgan fingerprint density at radius 3 is 1.92 bits per heavy atom. The highest BCUT2D eigenvalue weighted by Crippen LogP contribution is 2.34. The van der Waals surface area contributed by atoms with Gasteiger partial charge in [0.2, 0.25) is 0 Å². The number of hydrogen-bond donors (Lipinski definition) is 1. The van der Waals surface area contributed by atoms with Crippen molar-refractivity contribution in [1.29, 1.82) is 0 Å². The molecule has 2 amide bonds. The largest absolute Gasteiger partial charge is 0.455 e. The van der Waals surface area contributed by atoms with Gasteiger partial charge in [-0.2, -0.15) is 22.0 Å². The maximum atomic E-state index is 11.9. The monoisotopic (exact) mass is 191 g/mol. The molecule has 0 aliphatic rings. The van der Waals surface area contributed by atoms with E-state index in [0.717, 1.165) is 5.32 Å². The molecular weight excluding hydrogens is 187 g/mol. The van der Waals surface area contributed by atoms with Gasteiger partial charge in [-0.1, -0.05) is 0 Å². The van der Waals surface area contributed by atoms with Crippen molar-refractivity contribution in [3.63, 3.8) is 0 Å². The Morgan fingerprint density at radius 1 is 1.25 bits per heavy atom. The molecule has 0 unspecified atom stereocenters. The summed E-state index contributed by atoms with van der Waals surface area (Å²) >= 11 is 0. The van der Waals surface area contributed by atoms with Gasteiger partial charge in [-0.25, -0.2) is 10.5 Å². The quantitative estimate of drug-likeness (QED) is 0.654. The van der Waals surface area contributed by atoms with Crippen LogP contribution in [0.2, 0.25) is 0 Å². The number of alkyl halides is 5. The smallest absolute Gasteiger partial charge is 0.330 e. The van der Waals surface area contributed by atoms with E-state index in [1.165, 1.54) is 0 Å². The molecule has 71 valence electrons. The first-order chi connectivity index (χ1) is 5.17. The minimum Gasteiger partial charge on any atom is -0.330 e. The molecule has 0 heterocycles. The molecule has 0 aliphatic carbocycles. The van der Waals surface area contributed by atoms with Gasteiger partial charge >= 0.3 is 18.1 Å². The molecular formula is C4H4F5N2O. The Bertz CT molecular complexity index is 177. The predicted octanol–water partition coefficient (Wildman–Crippen LogP) is 1.18. The fourth-order valence-electron chi connectivity index (χ4n) is 0.292. The topological polar surface area (TPSA) is 52.9 Å². The lowest BCUT2D eigenvalue weighted by Crippen LogP contribution is -2.46. The molecule has 0 rings (SSSR count). The van der Waals surface area contributed by atoms with E-state index in [1.807, 2.05) is 0 Å². The van der Waals surface area contributed by atoms with Gasteiger partial charge in [0.15, 0.2) is 0 Å². The molecule has 1 radical (unpaired) electrons. The molecule has 2 N–H and O–H groups in total. The summed E-state index contributed by atoms with van der Waals surface area (Å²) in [6.07, 6.45) is -5.70. The van der Waals surface area contributed by atoms with Gasteiger partial charge in [0.25, 0.3) is 0 Å². The lowest BCUT2D eigenvalue weighted by atomic mass is 10.3. The number of urea groups is 1. The summed E-state index contributed by atoms with van der Waals surface area (Å²) in [6.45, 7) is -1.90. The Kier molecular flexibility index (Phi) is 2.83. The molecule has 8 heteroatoms. The third-order valence-corrected chi connectivity index (χ3v) is 0.886. The van der Waals surface area contributed by atoms with Crippen LogP contribution < -0.4 is 11.1 Å². The standard InChI is InChI=1S/C4H4F5N2O/c5-3(6,4(7,8)9)1-11-2(10)12/h10H,1H2,(H,11,12). The lowest BCUT2D eigenvalue weighted by Gasteiger charge is -2.18. The molecule has 0 aromatic carbocycles. The minimum absolute atomic E-state index is 1.05. The number of hydrogen-bond acceptors (Lipinski definition) is 1. The van der Waals surface area contributed by atoms with E-state index in [2.05, 4.69) is 0 Å². The van der Waals surface area contributed by atoms with Crippen LogP contribution in [0.25, 0.3) is 0 Å². The molecule has 12 heavy (non-hydrogen) atoms. The van der Waals surface area contributed by atoms with Crippen LogP contribution >= 0.6 is 0 Å². The van der Waals surface area contributed by atoms with Gasteiger partial charge in [0.1, 0.15) is 0 Å². The Morgan fingerprint density at radius 2 is 1.67 bits per heavy atom. The maximum Gasteiger partial charge on any atom is 0.455 e. The summed E-state index contributed by atoms with van der Waals surface area (Å²) in [7, 11) is 0. The van der Waals surface area contributed by atoms with E-state index in [-0.39, 0.29) is 0 Å². The van der Waals surface area contributed by atoms with E-state index in [4.69, 9.17) is 5.73 Å². The molecule has 0 bridgehead atoms. The second kappa shape index (κ2) is 3.11. The van der Waals surface area contributed by atoms with Crippen molar-refractivity contribution < 1.29 is 26.7 Å². The number of amides is 2. The first kappa shape index (κ1) is 10.9. The van der Waals surface area contributed by atoms with Gasteiger partial charge in [0.05, 0.1) is 6.54 Å². The minimum atomic E-state index is -5.70. The zero-order valence-corrected chi connectivity index (χ0v) is 5.51. The van der Waals surface area contributed by atoms with E-state index >= 15 is 0 Å². The van der Waals surface area contributed by atoms with Crippen molar-refractivity contribution in [2.75, 3.05) is 6.54 Å². The molecule has 0 atom stereocenters. The van der Waals surface area contributed by atoms with Crippen LogP contribution in [0.3, 0.4) is 0 Å². The third-order valence-electron chi connectivity index (χ3n) is 0.886. The van der Waals surface area contributed by atoms with Crippen molar-refractivity contribution >= 4 is 6.03 Å². The zero-order chi connectivity index (χ0) is 9.99. The Labute approximate surface area is 63.7 Å². The highest BCUT2D eigenvalue weighted by Gasteiger charge is 2.57. The van der Waals surface area contributed by atoms with Crippen molar-refractivity contribution in [2.24, 2.45) is 0 Å². The van der Waals surface area contributed by atoms with E-state index < -0.39 is 24.7 Å². The van der Waals surface area contributed by atoms with Crippen LogP contribution in [0.4, 0.5) is 26.7 Å². The zero-order valence-electron chi connectivity index (χ0n) is 5.51. The number of nitrogens with one attached hydrogen (secondary N) is 2. The molecule has 0 fully saturated rings. The summed E-state index contributed by atoms with van der Waals surface area (Å²) in [6, 6.07) is -1.68. The summed E-state index contributed by atoms with van der Waals surface area (Å²) < 4.78 is 57.7. The first-order valence-corrected chi connectivity index (χ1v) is 2.61. The van der Waals surface area contributed by atoms with Gasteiger partial charge in [-0.05, 0) is 0 Å². The summed E-state index contributed by atoms with van der Waals surface area (Å²) in [5, 5.41) is 1.05. The Hall–Kier alpha value is -1.08. The van der Waals surface area contributed by atoms with Gasteiger partial charge in [-0.15, -0.1) is 0 Å². The maximum absolute atomic E-state index is 11.9. The second-order valence-corrected chi connectivity index (χ2v) is 1.88. The number of carbonyl (C=O) groups excluding carboxylic acids is 1.